The molecule has 5 heterocycles. The van der Waals surface area contributed by atoms with Crippen LogP contribution < -0.4 is 10.2 Å². The molecule has 7 nitrogen and oxygen atoms in total. The zero-order valence-corrected chi connectivity index (χ0v) is 21.0. The van der Waals surface area contributed by atoms with Gasteiger partial charge in [-0.1, -0.05) is 13.8 Å². The van der Waals surface area contributed by atoms with Gasteiger partial charge in [0.2, 0.25) is 0 Å². The molecule has 0 radical (unpaired) electrons. The Bertz CT molecular complexity index is 1340. The third-order valence-corrected chi connectivity index (χ3v) is 8.17. The summed E-state index contributed by atoms with van der Waals surface area (Å²) in [6, 6.07) is 7.74. The Hall–Kier alpha value is -2.59. The van der Waals surface area contributed by atoms with Crippen LogP contribution >= 0.6 is 11.3 Å². The number of aromatic nitrogens is 3. The SMILES string of the molecule is CC(C)[C@@H]1CN(Cc2cc3nc(-c4cc(F)cc5[nH]ccc45)nc(N4CCOCC4)c3s2)CCN1. The number of anilines is 1. The molecule has 4 aromatic rings. The zero-order chi connectivity index (χ0) is 23.9. The van der Waals surface area contributed by atoms with Gasteiger partial charge in [0.05, 0.1) is 23.4 Å². The van der Waals surface area contributed by atoms with E-state index < -0.39 is 0 Å². The smallest absolute Gasteiger partial charge is 0.163 e. The number of halogens is 1. The summed E-state index contributed by atoms with van der Waals surface area (Å²) in [5.41, 5.74) is 2.40. The maximum Gasteiger partial charge on any atom is 0.163 e. The molecule has 9 heteroatoms. The highest BCUT2D eigenvalue weighted by molar-refractivity contribution is 7.19. The number of thiophene rings is 1. The highest BCUT2D eigenvalue weighted by atomic mass is 32.1. The number of ether oxygens (including phenoxy) is 1. The number of H-pyrrole nitrogens is 1. The van der Waals surface area contributed by atoms with Crippen LogP contribution in [0, 0.1) is 11.7 Å². The van der Waals surface area contributed by atoms with Crippen LogP contribution in [0.1, 0.15) is 18.7 Å². The molecule has 0 saturated carbocycles. The molecule has 2 N–H and O–H groups in total. The summed E-state index contributed by atoms with van der Waals surface area (Å²) in [5, 5.41) is 4.57. The van der Waals surface area contributed by atoms with Gasteiger partial charge in [0.15, 0.2) is 11.6 Å². The molecule has 3 aromatic heterocycles. The number of hydrogen-bond donors (Lipinski definition) is 2. The first kappa shape index (κ1) is 22.8. The molecule has 35 heavy (non-hydrogen) atoms. The van der Waals surface area contributed by atoms with Crippen molar-refractivity contribution in [2.75, 3.05) is 50.8 Å². The number of rotatable bonds is 5. The number of benzene rings is 1. The Morgan fingerprint density at radius 2 is 2.03 bits per heavy atom. The first-order chi connectivity index (χ1) is 17.0. The lowest BCUT2D eigenvalue weighted by Gasteiger charge is -2.35. The van der Waals surface area contributed by atoms with Gasteiger partial charge in [0, 0.05) is 72.9 Å². The zero-order valence-electron chi connectivity index (χ0n) is 20.2. The molecule has 0 bridgehead atoms. The molecule has 2 aliphatic heterocycles. The number of fused-ring (bicyclic) bond motifs is 2. The first-order valence-corrected chi connectivity index (χ1v) is 13.2. The van der Waals surface area contributed by atoms with Crippen molar-refractivity contribution in [3.63, 3.8) is 0 Å². The van der Waals surface area contributed by atoms with E-state index in [1.807, 2.05) is 12.3 Å². The summed E-state index contributed by atoms with van der Waals surface area (Å²) in [4.78, 5) is 19.2. The molecule has 2 fully saturated rings. The molecule has 1 aromatic carbocycles. The van der Waals surface area contributed by atoms with Gasteiger partial charge in [-0.05, 0) is 30.2 Å². The average molecular weight is 495 g/mol. The highest BCUT2D eigenvalue weighted by Crippen LogP contribution is 2.36. The maximum atomic E-state index is 14.5. The van der Waals surface area contributed by atoms with E-state index in [2.05, 4.69) is 40.0 Å². The van der Waals surface area contributed by atoms with Gasteiger partial charge in [-0.15, -0.1) is 11.3 Å². The number of aromatic amines is 1. The molecule has 0 aliphatic carbocycles. The fraction of sp³-hybridized carbons (Fsp3) is 0.462. The van der Waals surface area contributed by atoms with Gasteiger partial charge in [-0.3, -0.25) is 4.90 Å². The molecule has 0 amide bonds. The lowest BCUT2D eigenvalue weighted by molar-refractivity contribution is 0.122. The Morgan fingerprint density at radius 3 is 2.86 bits per heavy atom. The topological polar surface area (TPSA) is 69.3 Å². The van der Waals surface area contributed by atoms with E-state index in [0.29, 0.717) is 36.6 Å². The molecular formula is C26H31FN6OS. The third-order valence-electron chi connectivity index (χ3n) is 7.06. The van der Waals surface area contributed by atoms with E-state index in [9.17, 15) is 4.39 Å². The average Bonchev–Trinajstić information content (AvgIpc) is 3.50. The molecular weight excluding hydrogens is 463 g/mol. The van der Waals surface area contributed by atoms with Crippen LogP contribution in [0.2, 0.25) is 0 Å². The molecule has 1 atom stereocenters. The summed E-state index contributed by atoms with van der Waals surface area (Å²) in [6.07, 6.45) is 1.83. The van der Waals surface area contributed by atoms with Gasteiger partial charge >= 0.3 is 0 Å². The van der Waals surface area contributed by atoms with E-state index >= 15 is 0 Å². The second kappa shape index (κ2) is 9.46. The Labute approximate surface area is 208 Å². The van der Waals surface area contributed by atoms with Crippen molar-refractivity contribution in [1.82, 2.24) is 25.2 Å². The number of nitrogens with one attached hydrogen (secondary N) is 2. The van der Waals surface area contributed by atoms with Gasteiger partial charge < -0.3 is 19.9 Å². The van der Waals surface area contributed by atoms with Gasteiger partial charge in [0.1, 0.15) is 5.82 Å². The summed E-state index contributed by atoms with van der Waals surface area (Å²) < 4.78 is 21.2. The summed E-state index contributed by atoms with van der Waals surface area (Å²) in [7, 11) is 0. The minimum atomic E-state index is -0.295. The fourth-order valence-electron chi connectivity index (χ4n) is 5.12. The molecule has 6 rings (SSSR count). The van der Waals surface area contributed by atoms with E-state index in [4.69, 9.17) is 14.7 Å². The predicted octanol–water partition coefficient (Wildman–Crippen LogP) is 4.25. The van der Waals surface area contributed by atoms with E-state index in [1.54, 1.807) is 17.4 Å². The molecule has 2 saturated heterocycles. The maximum absolute atomic E-state index is 14.5. The summed E-state index contributed by atoms with van der Waals surface area (Å²) in [6.45, 7) is 11.5. The second-order valence-corrected chi connectivity index (χ2v) is 11.0. The van der Waals surface area contributed by atoms with Gasteiger partial charge in [0.25, 0.3) is 0 Å². The van der Waals surface area contributed by atoms with Crippen molar-refractivity contribution in [3.05, 3.63) is 41.2 Å². The largest absolute Gasteiger partial charge is 0.378 e. The minimum Gasteiger partial charge on any atom is -0.378 e. The number of piperazine rings is 1. The normalized spacial score (nSPS) is 19.9. The van der Waals surface area contributed by atoms with Crippen LogP contribution in [-0.2, 0) is 11.3 Å². The third kappa shape index (κ3) is 4.53. The van der Waals surface area contributed by atoms with Crippen molar-refractivity contribution < 1.29 is 9.13 Å². The Balaban J connectivity index is 1.41. The van der Waals surface area contributed by atoms with Crippen molar-refractivity contribution in [2.24, 2.45) is 5.92 Å². The number of nitrogens with zero attached hydrogens (tertiary/aromatic N) is 4. The second-order valence-electron chi connectivity index (χ2n) is 9.83. The van der Waals surface area contributed by atoms with E-state index in [-0.39, 0.29) is 5.82 Å². The minimum absolute atomic E-state index is 0.295. The van der Waals surface area contributed by atoms with Crippen LogP contribution in [0.15, 0.2) is 30.5 Å². The van der Waals surface area contributed by atoms with Crippen LogP contribution in [0.4, 0.5) is 10.2 Å². The number of hydrogen-bond acceptors (Lipinski definition) is 7. The molecule has 184 valence electrons. The van der Waals surface area contributed by atoms with Crippen molar-refractivity contribution >= 4 is 38.3 Å². The summed E-state index contributed by atoms with van der Waals surface area (Å²) >= 11 is 1.78. The van der Waals surface area contributed by atoms with Gasteiger partial charge in [-0.25, -0.2) is 14.4 Å². The standard InChI is InChI=1S/C26H31FN6OS/c1-16(2)23-15-32(6-5-29-23)14-18-13-22-24(35-18)26(33-7-9-34-10-8-33)31-25(30-22)20-11-17(27)12-21-19(20)3-4-28-21/h3-4,11-13,16,23,28-29H,5-10,14-15H2,1-2H3/t23-/m0/s1. The van der Waals surface area contributed by atoms with Crippen LogP contribution in [0.25, 0.3) is 32.5 Å². The predicted molar refractivity (Wildman–Crippen MR) is 140 cm³/mol. The van der Waals surface area contributed by atoms with Gasteiger partial charge in [-0.2, -0.15) is 0 Å². The first-order valence-electron chi connectivity index (χ1n) is 12.4. The lowest BCUT2D eigenvalue weighted by atomic mass is 10.0. The quantitative estimate of drug-likeness (QED) is 0.433. The van der Waals surface area contributed by atoms with Crippen LogP contribution in [0.3, 0.4) is 0 Å². The number of morpholine rings is 1. The van der Waals surface area contributed by atoms with E-state index in [1.165, 1.54) is 10.9 Å². The summed E-state index contributed by atoms with van der Waals surface area (Å²) in [5.74, 6) is 1.81. The van der Waals surface area contributed by atoms with Crippen LogP contribution in [0.5, 0.6) is 0 Å². The fourth-order valence-corrected chi connectivity index (χ4v) is 6.28. The van der Waals surface area contributed by atoms with Crippen molar-refractivity contribution in [3.8, 4) is 11.4 Å². The van der Waals surface area contributed by atoms with E-state index in [0.717, 1.165) is 66.2 Å². The van der Waals surface area contributed by atoms with Crippen molar-refractivity contribution in [1.29, 1.82) is 0 Å². The molecule has 0 spiro atoms. The molecule has 2 aliphatic rings. The lowest BCUT2D eigenvalue weighted by Crippen LogP contribution is -2.52. The van der Waals surface area contributed by atoms with Crippen molar-refractivity contribution in [2.45, 2.75) is 26.4 Å². The Kier molecular flexibility index (Phi) is 6.18. The monoisotopic (exact) mass is 494 g/mol. The highest BCUT2D eigenvalue weighted by Gasteiger charge is 2.24. The molecule has 0 unspecified atom stereocenters. The van der Waals surface area contributed by atoms with Crippen LogP contribution in [-0.4, -0.2) is 71.8 Å². The Morgan fingerprint density at radius 1 is 1.17 bits per heavy atom.